The summed E-state index contributed by atoms with van der Waals surface area (Å²) in [5.41, 5.74) is 3.17. The van der Waals surface area contributed by atoms with Gasteiger partial charge in [0.1, 0.15) is 0 Å². The number of hydrogen-bond acceptors (Lipinski definition) is 2. The molecular weight excluding hydrogens is 388 g/mol. The van der Waals surface area contributed by atoms with Gasteiger partial charge in [-0.25, -0.2) is 0 Å². The summed E-state index contributed by atoms with van der Waals surface area (Å²) in [6, 6.07) is 10.6. The molecule has 2 rings (SSSR count). The third-order valence-corrected chi connectivity index (χ3v) is 3.77. The lowest BCUT2D eigenvalue weighted by Crippen LogP contribution is -2.22. The Bertz CT molecular complexity index is 563. The molecule has 0 amide bonds. The molecule has 1 aromatic carbocycles. The van der Waals surface area contributed by atoms with Crippen LogP contribution in [0.2, 0.25) is 0 Å². The molecule has 0 bridgehead atoms. The molecule has 0 fully saturated rings. The SMILES string of the molecule is CC(C)(C)C.CC(C)(C)C.CC(C)(C)CCCN1C=NCC1.CC(C)(C)c1ccccc1. The molecule has 188 valence electrons. The molecule has 0 saturated carbocycles. The minimum Gasteiger partial charge on any atom is -0.361 e. The zero-order chi connectivity index (χ0) is 25.6. The van der Waals surface area contributed by atoms with Crippen LogP contribution in [0.5, 0.6) is 0 Å². The molecule has 0 radical (unpaired) electrons. The summed E-state index contributed by atoms with van der Waals surface area (Å²) in [5.74, 6) is 0. The van der Waals surface area contributed by atoms with E-state index in [1.54, 1.807) is 0 Å². The van der Waals surface area contributed by atoms with Crippen LogP contribution >= 0.6 is 0 Å². The van der Waals surface area contributed by atoms with Crippen molar-refractivity contribution in [2.24, 2.45) is 21.2 Å². The van der Waals surface area contributed by atoms with Gasteiger partial charge in [0, 0.05) is 13.1 Å². The molecule has 1 aliphatic heterocycles. The smallest absolute Gasteiger partial charge is 0.0851 e. The second-order valence-electron chi connectivity index (χ2n) is 14.3. The van der Waals surface area contributed by atoms with Gasteiger partial charge in [-0.05, 0) is 40.1 Å². The van der Waals surface area contributed by atoms with Crippen LogP contribution in [0.15, 0.2) is 35.3 Å². The highest BCUT2D eigenvalue weighted by atomic mass is 15.2. The van der Waals surface area contributed by atoms with Crippen LogP contribution < -0.4 is 0 Å². The van der Waals surface area contributed by atoms with Crippen LogP contribution in [0.1, 0.15) is 115 Å². The average molecular weight is 447 g/mol. The van der Waals surface area contributed by atoms with Crippen LogP contribution in [-0.4, -0.2) is 30.9 Å². The highest BCUT2D eigenvalue weighted by Gasteiger charge is 2.12. The molecule has 1 aromatic rings. The van der Waals surface area contributed by atoms with E-state index in [1.807, 2.05) is 6.34 Å². The van der Waals surface area contributed by atoms with Crippen molar-refractivity contribution in [2.45, 2.75) is 115 Å². The molecule has 0 N–H and O–H groups in total. The van der Waals surface area contributed by atoms with Crippen LogP contribution in [0.25, 0.3) is 0 Å². The maximum absolute atomic E-state index is 4.18. The second-order valence-corrected chi connectivity index (χ2v) is 14.3. The van der Waals surface area contributed by atoms with E-state index in [2.05, 4.69) is 137 Å². The fraction of sp³-hybridized carbons (Fsp3) is 0.767. The van der Waals surface area contributed by atoms with Crippen LogP contribution in [0.3, 0.4) is 0 Å². The molecule has 0 unspecified atom stereocenters. The Labute approximate surface area is 203 Å². The third-order valence-electron chi connectivity index (χ3n) is 3.77. The molecule has 2 heteroatoms. The largest absolute Gasteiger partial charge is 0.361 e. The molecule has 1 aliphatic rings. The normalized spacial score (nSPS) is 13.9. The molecule has 0 aromatic heterocycles. The van der Waals surface area contributed by atoms with Crippen LogP contribution in [0.4, 0.5) is 0 Å². The summed E-state index contributed by atoms with van der Waals surface area (Å²) in [6.45, 7) is 34.4. The Morgan fingerprint density at radius 2 is 1.16 bits per heavy atom. The molecule has 0 saturated heterocycles. The van der Waals surface area contributed by atoms with E-state index in [1.165, 1.54) is 24.9 Å². The molecule has 0 atom stereocenters. The zero-order valence-corrected chi connectivity index (χ0v) is 24.4. The van der Waals surface area contributed by atoms with Gasteiger partial charge in [0.25, 0.3) is 0 Å². The Balaban J connectivity index is 0. The van der Waals surface area contributed by atoms with Gasteiger partial charge in [0.05, 0.1) is 12.9 Å². The van der Waals surface area contributed by atoms with E-state index in [0.29, 0.717) is 21.7 Å². The number of hydrogen-bond donors (Lipinski definition) is 0. The second kappa shape index (κ2) is 14.8. The Hall–Kier alpha value is -1.31. The molecule has 0 spiro atoms. The summed E-state index contributed by atoms with van der Waals surface area (Å²) in [6.07, 6.45) is 4.58. The Morgan fingerprint density at radius 3 is 1.44 bits per heavy atom. The van der Waals surface area contributed by atoms with Crippen molar-refractivity contribution < 1.29 is 0 Å². The first kappa shape index (κ1) is 32.9. The standard InChI is InChI=1S/C10H20N2.C10H14.2C5H12/c1-10(2,3)5-4-7-12-8-6-11-9-12;1-10(2,3)9-7-5-4-6-8-9;2*1-5(2,3)4/h9H,4-8H2,1-3H3;4-8H,1-3H3;2*1-4H3. The molecule has 0 aliphatic carbocycles. The average Bonchev–Trinajstić information content (AvgIpc) is 3.04. The van der Waals surface area contributed by atoms with Crippen LogP contribution in [-0.2, 0) is 5.41 Å². The Kier molecular flexibility index (Phi) is 15.2. The lowest BCUT2D eigenvalue weighted by molar-refractivity contribution is 0.336. The predicted octanol–water partition coefficient (Wildman–Crippen LogP) is 9.25. The first-order valence-corrected chi connectivity index (χ1v) is 12.5. The van der Waals surface area contributed by atoms with E-state index in [9.17, 15) is 0 Å². The molecule has 2 nitrogen and oxygen atoms in total. The molecule has 32 heavy (non-hydrogen) atoms. The van der Waals surface area contributed by atoms with Crippen molar-refractivity contribution >= 4 is 6.34 Å². The van der Waals surface area contributed by atoms with E-state index in [-0.39, 0.29) is 0 Å². The van der Waals surface area contributed by atoms with Gasteiger partial charge in [-0.2, -0.15) is 0 Å². The lowest BCUT2D eigenvalue weighted by Gasteiger charge is -2.20. The van der Waals surface area contributed by atoms with Gasteiger partial charge in [-0.15, -0.1) is 0 Å². The number of benzene rings is 1. The van der Waals surface area contributed by atoms with Crippen molar-refractivity contribution in [1.82, 2.24) is 4.90 Å². The van der Waals surface area contributed by atoms with E-state index < -0.39 is 0 Å². The van der Waals surface area contributed by atoms with Gasteiger partial charge < -0.3 is 4.90 Å². The number of aliphatic imine (C=N–C) groups is 1. The fourth-order valence-electron chi connectivity index (χ4n) is 2.34. The van der Waals surface area contributed by atoms with Gasteiger partial charge >= 0.3 is 0 Å². The van der Waals surface area contributed by atoms with Gasteiger partial charge in [-0.3, -0.25) is 4.99 Å². The van der Waals surface area contributed by atoms with Gasteiger partial charge in [-0.1, -0.05) is 127 Å². The lowest BCUT2D eigenvalue weighted by atomic mass is 9.87. The summed E-state index contributed by atoms with van der Waals surface area (Å²) in [4.78, 5) is 6.49. The summed E-state index contributed by atoms with van der Waals surface area (Å²) < 4.78 is 0. The number of rotatable bonds is 3. The van der Waals surface area contributed by atoms with Crippen molar-refractivity contribution in [2.75, 3.05) is 19.6 Å². The number of nitrogens with zero attached hydrogens (tertiary/aromatic N) is 2. The first-order chi connectivity index (χ1) is 14.2. The zero-order valence-electron chi connectivity index (χ0n) is 24.4. The van der Waals surface area contributed by atoms with Crippen molar-refractivity contribution in [3.8, 4) is 0 Å². The van der Waals surface area contributed by atoms with Crippen molar-refractivity contribution in [3.63, 3.8) is 0 Å². The summed E-state index contributed by atoms with van der Waals surface area (Å²) in [7, 11) is 0. The predicted molar refractivity (Wildman–Crippen MR) is 149 cm³/mol. The van der Waals surface area contributed by atoms with Crippen molar-refractivity contribution in [1.29, 1.82) is 0 Å². The van der Waals surface area contributed by atoms with E-state index in [0.717, 1.165) is 13.1 Å². The fourth-order valence-corrected chi connectivity index (χ4v) is 2.34. The topological polar surface area (TPSA) is 15.6 Å². The maximum Gasteiger partial charge on any atom is 0.0851 e. The maximum atomic E-state index is 4.18. The minimum atomic E-state index is 0.293. The van der Waals surface area contributed by atoms with Gasteiger partial charge in [0.15, 0.2) is 0 Å². The minimum absolute atomic E-state index is 0.293. The highest BCUT2D eigenvalue weighted by molar-refractivity contribution is 5.56. The van der Waals surface area contributed by atoms with Crippen LogP contribution in [0, 0.1) is 16.2 Å². The first-order valence-electron chi connectivity index (χ1n) is 12.5. The quantitative estimate of drug-likeness (QED) is 0.451. The molecule has 1 heterocycles. The highest BCUT2D eigenvalue weighted by Crippen LogP contribution is 2.21. The third kappa shape index (κ3) is 30.9. The van der Waals surface area contributed by atoms with E-state index >= 15 is 0 Å². The monoisotopic (exact) mass is 446 g/mol. The molecular formula is C30H58N2. The van der Waals surface area contributed by atoms with Gasteiger partial charge in [0.2, 0.25) is 0 Å². The summed E-state index contributed by atoms with van der Waals surface area (Å²) >= 11 is 0. The summed E-state index contributed by atoms with van der Waals surface area (Å²) in [5, 5.41) is 0. The van der Waals surface area contributed by atoms with E-state index in [4.69, 9.17) is 0 Å². The Morgan fingerprint density at radius 1 is 0.719 bits per heavy atom. The van der Waals surface area contributed by atoms with Crippen molar-refractivity contribution in [3.05, 3.63) is 35.9 Å².